The summed E-state index contributed by atoms with van der Waals surface area (Å²) in [5.41, 5.74) is 2.94. The van der Waals surface area contributed by atoms with Crippen molar-refractivity contribution >= 4 is 21.6 Å². The van der Waals surface area contributed by atoms with Crippen LogP contribution in [-0.4, -0.2) is 22.2 Å². The topological polar surface area (TPSA) is 57.8 Å². The van der Waals surface area contributed by atoms with Gasteiger partial charge in [0, 0.05) is 12.6 Å². The van der Waals surface area contributed by atoms with Crippen molar-refractivity contribution in [3.8, 4) is 11.4 Å². The standard InChI is InChI=1S/C20H20BrN3O3/c1-14(22-26-3)16-11-7-8-12-18(16)27-13-17-19(21)20(25)24(23(17)2)15-9-5-4-6-10-15/h4-12H,13H2,1-3H3/b22-14+. The predicted molar refractivity (Wildman–Crippen MR) is 109 cm³/mol. The maximum Gasteiger partial charge on any atom is 0.286 e. The van der Waals surface area contributed by atoms with Crippen LogP contribution in [0.1, 0.15) is 18.2 Å². The van der Waals surface area contributed by atoms with Gasteiger partial charge in [0.2, 0.25) is 0 Å². The molecule has 27 heavy (non-hydrogen) atoms. The SMILES string of the molecule is CO/N=C(\C)c1ccccc1OCc1c(Br)c(=O)n(-c2ccccc2)n1C. The quantitative estimate of drug-likeness (QED) is 0.441. The van der Waals surface area contributed by atoms with Gasteiger partial charge in [-0.3, -0.25) is 9.48 Å². The van der Waals surface area contributed by atoms with Gasteiger partial charge in [-0.2, -0.15) is 0 Å². The summed E-state index contributed by atoms with van der Waals surface area (Å²) in [6, 6.07) is 17.1. The van der Waals surface area contributed by atoms with Crippen molar-refractivity contribution in [2.24, 2.45) is 12.2 Å². The van der Waals surface area contributed by atoms with Crippen LogP contribution < -0.4 is 10.3 Å². The Hall–Kier alpha value is -2.80. The molecule has 0 amide bonds. The van der Waals surface area contributed by atoms with Crippen LogP contribution in [0.15, 0.2) is 69.0 Å². The van der Waals surface area contributed by atoms with E-state index < -0.39 is 0 Å². The maximum atomic E-state index is 12.7. The number of ether oxygens (including phenoxy) is 1. The lowest BCUT2D eigenvalue weighted by atomic mass is 10.1. The molecule has 7 heteroatoms. The van der Waals surface area contributed by atoms with E-state index >= 15 is 0 Å². The van der Waals surface area contributed by atoms with Crippen LogP contribution in [0.3, 0.4) is 0 Å². The van der Waals surface area contributed by atoms with Crippen molar-refractivity contribution in [1.29, 1.82) is 0 Å². The van der Waals surface area contributed by atoms with Gasteiger partial charge >= 0.3 is 0 Å². The van der Waals surface area contributed by atoms with Gasteiger partial charge in [-0.1, -0.05) is 35.5 Å². The first-order valence-electron chi connectivity index (χ1n) is 8.36. The molecule has 0 aliphatic rings. The van der Waals surface area contributed by atoms with Crippen molar-refractivity contribution in [2.45, 2.75) is 13.5 Å². The summed E-state index contributed by atoms with van der Waals surface area (Å²) < 4.78 is 9.89. The number of rotatable bonds is 6. The van der Waals surface area contributed by atoms with Gasteiger partial charge in [0.15, 0.2) is 0 Å². The van der Waals surface area contributed by atoms with Gasteiger partial charge in [0.1, 0.15) is 23.9 Å². The summed E-state index contributed by atoms with van der Waals surface area (Å²) in [6.07, 6.45) is 0. The smallest absolute Gasteiger partial charge is 0.286 e. The number of benzene rings is 2. The van der Waals surface area contributed by atoms with Crippen molar-refractivity contribution in [2.75, 3.05) is 7.11 Å². The zero-order valence-corrected chi connectivity index (χ0v) is 16.9. The van der Waals surface area contributed by atoms with Crippen LogP contribution in [0.25, 0.3) is 5.69 Å². The van der Waals surface area contributed by atoms with Crippen molar-refractivity contribution in [3.05, 3.63) is 80.7 Å². The minimum absolute atomic E-state index is 0.132. The van der Waals surface area contributed by atoms with Crippen LogP contribution in [0.2, 0.25) is 0 Å². The Morgan fingerprint density at radius 1 is 1.11 bits per heavy atom. The summed E-state index contributed by atoms with van der Waals surface area (Å²) >= 11 is 3.42. The number of hydrogen-bond acceptors (Lipinski definition) is 4. The Bertz CT molecular complexity index is 1020. The molecule has 0 aliphatic heterocycles. The lowest BCUT2D eigenvalue weighted by Gasteiger charge is -2.13. The Balaban J connectivity index is 1.93. The van der Waals surface area contributed by atoms with Gasteiger partial charge in [0.05, 0.1) is 17.1 Å². The molecule has 3 rings (SSSR count). The minimum Gasteiger partial charge on any atom is -0.487 e. The van der Waals surface area contributed by atoms with E-state index in [4.69, 9.17) is 9.57 Å². The summed E-state index contributed by atoms with van der Waals surface area (Å²) in [4.78, 5) is 17.5. The van der Waals surface area contributed by atoms with Crippen LogP contribution >= 0.6 is 15.9 Å². The average Bonchev–Trinajstić information content (AvgIpc) is 2.90. The molecule has 6 nitrogen and oxygen atoms in total. The number of aromatic nitrogens is 2. The molecule has 2 aromatic carbocycles. The van der Waals surface area contributed by atoms with E-state index in [9.17, 15) is 4.79 Å². The summed E-state index contributed by atoms with van der Waals surface area (Å²) in [5.74, 6) is 0.669. The fraction of sp³-hybridized carbons (Fsp3) is 0.200. The van der Waals surface area contributed by atoms with Gasteiger partial charge in [-0.25, -0.2) is 4.68 Å². The summed E-state index contributed by atoms with van der Waals surface area (Å²) in [5, 5.41) is 3.97. The van der Waals surface area contributed by atoms with Gasteiger partial charge in [-0.15, -0.1) is 0 Å². The van der Waals surface area contributed by atoms with Crippen molar-refractivity contribution in [1.82, 2.24) is 9.36 Å². The highest BCUT2D eigenvalue weighted by atomic mass is 79.9. The molecule has 3 aromatic rings. The predicted octanol–water partition coefficient (Wildman–Crippen LogP) is 3.89. The van der Waals surface area contributed by atoms with E-state index in [0.29, 0.717) is 15.9 Å². The fourth-order valence-corrected chi connectivity index (χ4v) is 3.39. The van der Waals surface area contributed by atoms with E-state index in [-0.39, 0.29) is 12.2 Å². The van der Waals surface area contributed by atoms with Crippen LogP contribution in [0.4, 0.5) is 0 Å². The lowest BCUT2D eigenvalue weighted by molar-refractivity contribution is 0.213. The van der Waals surface area contributed by atoms with Crippen LogP contribution in [0.5, 0.6) is 5.75 Å². The average molecular weight is 430 g/mol. The van der Waals surface area contributed by atoms with E-state index in [2.05, 4.69) is 21.1 Å². The number of oxime groups is 1. The first-order chi connectivity index (χ1) is 13.0. The molecule has 0 saturated heterocycles. The summed E-state index contributed by atoms with van der Waals surface area (Å²) in [7, 11) is 3.34. The highest BCUT2D eigenvalue weighted by Crippen LogP contribution is 2.22. The van der Waals surface area contributed by atoms with Gasteiger partial charge in [-0.05, 0) is 47.1 Å². The second-order valence-electron chi connectivity index (χ2n) is 5.88. The number of nitrogens with zero attached hydrogens (tertiary/aromatic N) is 3. The zero-order valence-electron chi connectivity index (χ0n) is 15.3. The molecular formula is C20H20BrN3O3. The normalized spacial score (nSPS) is 11.5. The third-order valence-electron chi connectivity index (χ3n) is 4.19. The molecule has 0 aliphatic carbocycles. The second-order valence-corrected chi connectivity index (χ2v) is 6.67. The molecule has 0 bridgehead atoms. The van der Waals surface area contributed by atoms with E-state index in [1.54, 1.807) is 9.36 Å². The number of hydrogen-bond donors (Lipinski definition) is 0. The molecule has 0 saturated carbocycles. The Morgan fingerprint density at radius 3 is 2.48 bits per heavy atom. The van der Waals surface area contributed by atoms with Gasteiger partial charge < -0.3 is 9.57 Å². The molecule has 1 aromatic heterocycles. The van der Waals surface area contributed by atoms with Crippen LogP contribution in [-0.2, 0) is 18.5 Å². The van der Waals surface area contributed by atoms with Crippen LogP contribution in [0, 0.1) is 0 Å². The number of para-hydroxylation sites is 2. The Morgan fingerprint density at radius 2 is 1.78 bits per heavy atom. The van der Waals surface area contributed by atoms with Gasteiger partial charge in [0.25, 0.3) is 5.56 Å². The zero-order chi connectivity index (χ0) is 19.4. The lowest BCUT2D eigenvalue weighted by Crippen LogP contribution is -2.19. The largest absolute Gasteiger partial charge is 0.487 e. The molecular weight excluding hydrogens is 410 g/mol. The third-order valence-corrected chi connectivity index (χ3v) is 4.99. The molecule has 0 unspecified atom stereocenters. The molecule has 0 N–H and O–H groups in total. The first kappa shape index (κ1) is 19.0. The van der Waals surface area contributed by atoms with E-state index in [0.717, 1.165) is 16.9 Å². The third kappa shape index (κ3) is 3.83. The molecule has 0 atom stereocenters. The van der Waals surface area contributed by atoms with E-state index in [1.807, 2.05) is 68.6 Å². The first-order valence-corrected chi connectivity index (χ1v) is 9.15. The fourth-order valence-electron chi connectivity index (χ4n) is 2.86. The monoisotopic (exact) mass is 429 g/mol. The summed E-state index contributed by atoms with van der Waals surface area (Å²) in [6.45, 7) is 2.08. The van der Waals surface area contributed by atoms with Crippen molar-refractivity contribution in [3.63, 3.8) is 0 Å². The molecule has 0 spiro atoms. The minimum atomic E-state index is -0.132. The molecule has 0 fully saturated rings. The van der Waals surface area contributed by atoms with Crippen molar-refractivity contribution < 1.29 is 9.57 Å². The number of halogens is 1. The molecule has 0 radical (unpaired) electrons. The molecule has 140 valence electrons. The molecule has 1 heterocycles. The highest BCUT2D eigenvalue weighted by molar-refractivity contribution is 9.10. The Kier molecular flexibility index (Phi) is 5.81. The second kappa shape index (κ2) is 8.26. The maximum absolute atomic E-state index is 12.7. The Labute approximate surface area is 165 Å². The van der Waals surface area contributed by atoms with E-state index in [1.165, 1.54) is 7.11 Å². The highest BCUT2D eigenvalue weighted by Gasteiger charge is 2.18.